The van der Waals surface area contributed by atoms with Gasteiger partial charge >= 0.3 is 0 Å². The maximum atomic E-state index is 12.2. The summed E-state index contributed by atoms with van der Waals surface area (Å²) in [7, 11) is 1.77. The quantitative estimate of drug-likeness (QED) is 0.668. The largest absolute Gasteiger partial charge is 0.494 e. The predicted octanol–water partition coefficient (Wildman–Crippen LogP) is 1.60. The van der Waals surface area contributed by atoms with Crippen molar-refractivity contribution in [2.45, 2.75) is 13.0 Å². The van der Waals surface area contributed by atoms with Crippen LogP contribution in [0.1, 0.15) is 6.42 Å². The van der Waals surface area contributed by atoms with Crippen LogP contribution in [0.3, 0.4) is 0 Å². The van der Waals surface area contributed by atoms with Crippen molar-refractivity contribution in [2.75, 3.05) is 6.61 Å². The first-order valence-electron chi connectivity index (χ1n) is 6.81. The molecule has 108 valence electrons. The van der Waals surface area contributed by atoms with Gasteiger partial charge in [0.1, 0.15) is 11.1 Å². The van der Waals surface area contributed by atoms with Gasteiger partial charge in [-0.25, -0.2) is 4.98 Å². The molecule has 0 bridgehead atoms. The smallest absolute Gasteiger partial charge is 0.264 e. The van der Waals surface area contributed by atoms with Gasteiger partial charge in [-0.15, -0.1) is 0 Å². The van der Waals surface area contributed by atoms with Gasteiger partial charge in [0.2, 0.25) is 0 Å². The van der Waals surface area contributed by atoms with Crippen molar-refractivity contribution in [3.63, 3.8) is 0 Å². The van der Waals surface area contributed by atoms with E-state index < -0.39 is 0 Å². The minimum Gasteiger partial charge on any atom is -0.494 e. The van der Waals surface area contributed by atoms with Gasteiger partial charge in [0.25, 0.3) is 5.56 Å². The number of ether oxygens (including phenoxy) is 1. The summed E-state index contributed by atoms with van der Waals surface area (Å²) in [5, 5.41) is 4.60. The summed E-state index contributed by atoms with van der Waals surface area (Å²) < 4.78 is 8.80. The minimum absolute atomic E-state index is 0.0622. The van der Waals surface area contributed by atoms with Crippen LogP contribution in [0, 0.1) is 0 Å². The second-order valence-electron chi connectivity index (χ2n) is 4.76. The zero-order chi connectivity index (χ0) is 14.7. The Bertz CT molecular complexity index is 792. The van der Waals surface area contributed by atoms with Crippen molar-refractivity contribution in [3.05, 3.63) is 53.2 Å². The summed E-state index contributed by atoms with van der Waals surface area (Å²) in [6.07, 6.45) is 3.86. The number of fused-ring (bicyclic) bond motifs is 1. The van der Waals surface area contributed by atoms with Gasteiger partial charge in [-0.1, -0.05) is 18.2 Å². The highest BCUT2D eigenvalue weighted by atomic mass is 16.5. The second-order valence-corrected chi connectivity index (χ2v) is 4.76. The van der Waals surface area contributed by atoms with Gasteiger partial charge < -0.3 is 4.74 Å². The number of aryl methyl sites for hydroxylation is 2. The fraction of sp³-hybridized carbons (Fsp3) is 0.267. The Balaban J connectivity index is 1.63. The minimum atomic E-state index is -0.0622. The standard InChI is InChI=1S/C15H16N4O2/c1-18-14-13(10-17-18)15(20)19(11-16-14)8-5-9-21-12-6-3-2-4-7-12/h2-4,6-7,10-11H,5,8-9H2,1H3. The SMILES string of the molecule is Cn1ncc2c(=O)n(CCCOc3ccccc3)cnc21. The molecule has 1 aromatic carbocycles. The molecule has 0 radical (unpaired) electrons. The molecule has 0 spiro atoms. The zero-order valence-corrected chi connectivity index (χ0v) is 11.8. The van der Waals surface area contributed by atoms with Crippen LogP contribution >= 0.6 is 0 Å². The van der Waals surface area contributed by atoms with E-state index in [-0.39, 0.29) is 5.56 Å². The molecule has 0 aliphatic rings. The number of hydrogen-bond acceptors (Lipinski definition) is 4. The van der Waals surface area contributed by atoms with E-state index in [4.69, 9.17) is 4.74 Å². The topological polar surface area (TPSA) is 61.9 Å². The van der Waals surface area contributed by atoms with Gasteiger partial charge in [0.05, 0.1) is 19.1 Å². The number of benzene rings is 1. The molecule has 0 aliphatic carbocycles. The summed E-state index contributed by atoms with van der Waals surface area (Å²) in [6, 6.07) is 9.63. The predicted molar refractivity (Wildman–Crippen MR) is 79.3 cm³/mol. The van der Waals surface area contributed by atoms with Crippen LogP contribution in [0.25, 0.3) is 11.0 Å². The molecule has 3 rings (SSSR count). The molecule has 0 amide bonds. The number of hydrogen-bond donors (Lipinski definition) is 0. The molecule has 0 atom stereocenters. The fourth-order valence-electron chi connectivity index (χ4n) is 2.17. The van der Waals surface area contributed by atoms with Gasteiger partial charge in [-0.3, -0.25) is 14.0 Å². The summed E-state index contributed by atoms with van der Waals surface area (Å²) in [5.41, 5.74) is 0.546. The van der Waals surface area contributed by atoms with E-state index in [1.807, 2.05) is 30.3 Å². The molecule has 0 saturated carbocycles. The second kappa shape index (κ2) is 5.78. The van der Waals surface area contributed by atoms with E-state index >= 15 is 0 Å². The van der Waals surface area contributed by atoms with E-state index in [1.165, 1.54) is 0 Å². The zero-order valence-electron chi connectivity index (χ0n) is 11.8. The fourth-order valence-corrected chi connectivity index (χ4v) is 2.17. The van der Waals surface area contributed by atoms with Crippen molar-refractivity contribution < 1.29 is 4.74 Å². The first-order valence-corrected chi connectivity index (χ1v) is 6.81. The van der Waals surface area contributed by atoms with Crippen molar-refractivity contribution in [1.82, 2.24) is 19.3 Å². The summed E-state index contributed by atoms with van der Waals surface area (Å²) in [5.74, 6) is 0.839. The first-order chi connectivity index (χ1) is 10.3. The van der Waals surface area contributed by atoms with Crippen molar-refractivity contribution in [1.29, 1.82) is 0 Å². The molecule has 2 aromatic heterocycles. The van der Waals surface area contributed by atoms with Crippen LogP contribution in [-0.4, -0.2) is 25.9 Å². The van der Waals surface area contributed by atoms with E-state index in [0.717, 1.165) is 12.2 Å². The highest BCUT2D eigenvalue weighted by Crippen LogP contribution is 2.08. The Labute approximate surface area is 121 Å². The van der Waals surface area contributed by atoms with E-state index in [1.54, 1.807) is 28.8 Å². The monoisotopic (exact) mass is 284 g/mol. The maximum absolute atomic E-state index is 12.2. The molecule has 21 heavy (non-hydrogen) atoms. The van der Waals surface area contributed by atoms with E-state index in [0.29, 0.717) is 24.2 Å². The third-order valence-electron chi connectivity index (χ3n) is 3.27. The molecule has 0 N–H and O–H groups in total. The van der Waals surface area contributed by atoms with Crippen LogP contribution in [0.2, 0.25) is 0 Å². The lowest BCUT2D eigenvalue weighted by Gasteiger charge is -2.07. The normalized spacial score (nSPS) is 10.9. The van der Waals surface area contributed by atoms with Crippen molar-refractivity contribution in [3.8, 4) is 5.75 Å². The van der Waals surface area contributed by atoms with Crippen LogP contribution in [0.15, 0.2) is 47.7 Å². The Hall–Kier alpha value is -2.63. The van der Waals surface area contributed by atoms with Crippen LogP contribution in [0.4, 0.5) is 0 Å². The van der Waals surface area contributed by atoms with Gasteiger partial charge in [-0.05, 0) is 18.6 Å². The van der Waals surface area contributed by atoms with Gasteiger partial charge in [-0.2, -0.15) is 5.10 Å². The highest BCUT2D eigenvalue weighted by Gasteiger charge is 2.07. The van der Waals surface area contributed by atoms with Crippen LogP contribution < -0.4 is 10.3 Å². The third kappa shape index (κ3) is 2.79. The van der Waals surface area contributed by atoms with E-state index in [2.05, 4.69) is 10.1 Å². The summed E-state index contributed by atoms with van der Waals surface area (Å²) in [6.45, 7) is 1.13. The maximum Gasteiger partial charge on any atom is 0.264 e. The molecule has 3 aromatic rings. The number of rotatable bonds is 5. The molecule has 0 unspecified atom stereocenters. The summed E-state index contributed by atoms with van der Waals surface area (Å²) >= 11 is 0. The molecular formula is C15H16N4O2. The molecular weight excluding hydrogens is 268 g/mol. The van der Waals surface area contributed by atoms with Gasteiger partial charge in [0, 0.05) is 13.6 Å². The van der Waals surface area contributed by atoms with Crippen LogP contribution in [-0.2, 0) is 13.6 Å². The lowest BCUT2D eigenvalue weighted by Crippen LogP contribution is -2.21. The molecule has 6 heteroatoms. The number of aromatic nitrogens is 4. The van der Waals surface area contributed by atoms with Crippen LogP contribution in [0.5, 0.6) is 5.75 Å². The molecule has 0 aliphatic heterocycles. The number of para-hydroxylation sites is 1. The molecule has 0 saturated heterocycles. The third-order valence-corrected chi connectivity index (χ3v) is 3.27. The van der Waals surface area contributed by atoms with Crippen molar-refractivity contribution in [2.24, 2.45) is 7.05 Å². The van der Waals surface area contributed by atoms with Gasteiger partial charge in [0.15, 0.2) is 5.65 Å². The highest BCUT2D eigenvalue weighted by molar-refractivity contribution is 5.72. The first kappa shape index (κ1) is 13.4. The molecule has 0 fully saturated rings. The Morgan fingerprint density at radius 1 is 1.24 bits per heavy atom. The lowest BCUT2D eigenvalue weighted by molar-refractivity contribution is 0.301. The Morgan fingerprint density at radius 2 is 2.05 bits per heavy atom. The Morgan fingerprint density at radius 3 is 2.86 bits per heavy atom. The summed E-state index contributed by atoms with van der Waals surface area (Å²) in [4.78, 5) is 16.5. The lowest BCUT2D eigenvalue weighted by atomic mass is 10.3. The Kier molecular flexibility index (Phi) is 3.68. The molecule has 2 heterocycles. The average molecular weight is 284 g/mol. The number of nitrogens with zero attached hydrogens (tertiary/aromatic N) is 4. The van der Waals surface area contributed by atoms with Crippen molar-refractivity contribution >= 4 is 11.0 Å². The average Bonchev–Trinajstić information content (AvgIpc) is 2.89. The molecule has 6 nitrogen and oxygen atoms in total. The van der Waals surface area contributed by atoms with E-state index in [9.17, 15) is 4.79 Å².